The Morgan fingerprint density at radius 2 is 1.98 bits per heavy atom. The molecule has 2 aromatic carbocycles. The summed E-state index contributed by atoms with van der Waals surface area (Å²) in [6.07, 6.45) is 4.42. The van der Waals surface area contributed by atoms with Gasteiger partial charge in [0.25, 0.3) is 5.91 Å². The normalized spacial score (nSPS) is 20.4. The van der Waals surface area contributed by atoms with Gasteiger partial charge in [-0.3, -0.25) is 14.6 Å². The molecule has 3 heterocycles. The van der Waals surface area contributed by atoms with E-state index in [1.54, 1.807) is 29.7 Å². The van der Waals surface area contributed by atoms with Crippen LogP contribution in [-0.2, 0) is 4.79 Å². The van der Waals surface area contributed by atoms with Crippen LogP contribution < -0.4 is 9.62 Å². The Kier molecular flexibility index (Phi) is 7.00. The average molecular weight is 559 g/mol. The molecule has 7 nitrogen and oxygen atoms in total. The van der Waals surface area contributed by atoms with E-state index in [0.29, 0.717) is 34.4 Å². The molecule has 1 saturated carbocycles. The van der Waals surface area contributed by atoms with Crippen molar-refractivity contribution in [1.29, 1.82) is 0 Å². The van der Waals surface area contributed by atoms with Crippen molar-refractivity contribution in [3.8, 4) is 11.3 Å². The lowest BCUT2D eigenvalue weighted by atomic mass is 9.87. The number of nitrogens with zero attached hydrogens (tertiary/aromatic N) is 3. The van der Waals surface area contributed by atoms with Crippen LogP contribution >= 0.6 is 12.8 Å². The highest BCUT2D eigenvalue weighted by Gasteiger charge is 2.47. The summed E-state index contributed by atoms with van der Waals surface area (Å²) in [5.74, 6) is 0.164. The number of fused-ring (bicyclic) bond motifs is 1. The van der Waals surface area contributed by atoms with Crippen molar-refractivity contribution < 1.29 is 18.4 Å². The summed E-state index contributed by atoms with van der Waals surface area (Å²) >= 11 is 4.62. The highest BCUT2D eigenvalue weighted by atomic mass is 32.1. The number of rotatable bonds is 6. The Balaban J connectivity index is 1.35. The first kappa shape index (κ1) is 26.4. The molecule has 206 valence electrons. The Bertz CT molecular complexity index is 1570. The van der Waals surface area contributed by atoms with Gasteiger partial charge in [0.1, 0.15) is 17.2 Å². The monoisotopic (exact) mass is 558 g/mol. The van der Waals surface area contributed by atoms with Crippen LogP contribution in [0.2, 0.25) is 0 Å². The van der Waals surface area contributed by atoms with Crippen LogP contribution in [0.1, 0.15) is 52.7 Å². The molecule has 2 unspecified atom stereocenters. The fourth-order valence-corrected chi connectivity index (χ4v) is 6.14. The minimum absolute atomic E-state index is 0.0184. The van der Waals surface area contributed by atoms with E-state index in [1.165, 1.54) is 12.1 Å². The van der Waals surface area contributed by atoms with Gasteiger partial charge in [0.05, 0.1) is 11.3 Å². The van der Waals surface area contributed by atoms with Gasteiger partial charge in [-0.05, 0) is 67.3 Å². The third kappa shape index (κ3) is 4.83. The molecule has 4 aromatic rings. The third-order valence-electron chi connectivity index (χ3n) is 8.09. The van der Waals surface area contributed by atoms with Crippen LogP contribution in [0, 0.1) is 11.7 Å². The average Bonchev–Trinajstić information content (AvgIpc) is 3.70. The van der Waals surface area contributed by atoms with E-state index >= 15 is 0 Å². The van der Waals surface area contributed by atoms with Crippen LogP contribution in [0.15, 0.2) is 65.2 Å². The zero-order valence-electron chi connectivity index (χ0n) is 22.4. The fraction of sp³-hybridized carbons (Fsp3) is 0.323. The first-order valence-electron chi connectivity index (χ1n) is 13.6. The number of nitrogens with one attached hydrogen (secondary N) is 1. The number of hydrogen-bond acceptors (Lipinski definition) is 6. The second-order valence-corrected chi connectivity index (χ2v) is 11.2. The van der Waals surface area contributed by atoms with Crippen LogP contribution in [-0.4, -0.2) is 48.9 Å². The van der Waals surface area contributed by atoms with Crippen LogP contribution in [0.3, 0.4) is 0 Å². The zero-order valence-corrected chi connectivity index (χ0v) is 23.3. The quantitative estimate of drug-likeness (QED) is 0.293. The molecule has 9 heteroatoms. The molecule has 2 amide bonds. The van der Waals surface area contributed by atoms with Crippen LogP contribution in [0.25, 0.3) is 22.3 Å². The molecule has 0 spiro atoms. The van der Waals surface area contributed by atoms with Crippen molar-refractivity contribution in [2.75, 3.05) is 31.5 Å². The van der Waals surface area contributed by atoms with Crippen molar-refractivity contribution in [2.24, 2.45) is 5.92 Å². The van der Waals surface area contributed by atoms with Crippen molar-refractivity contribution in [2.45, 2.75) is 31.1 Å². The molecule has 0 radical (unpaired) electrons. The third-order valence-corrected chi connectivity index (χ3v) is 8.31. The molecule has 0 bridgehead atoms. The number of thiol groups is 1. The molecular weight excluding hydrogens is 527 g/mol. The maximum absolute atomic E-state index is 13.6. The molecule has 40 heavy (non-hydrogen) atoms. The van der Waals surface area contributed by atoms with Crippen molar-refractivity contribution in [3.63, 3.8) is 0 Å². The Labute approximate surface area is 237 Å². The predicted molar refractivity (Wildman–Crippen MR) is 156 cm³/mol. The van der Waals surface area contributed by atoms with Crippen LogP contribution in [0.4, 0.5) is 10.1 Å². The van der Waals surface area contributed by atoms with Gasteiger partial charge in [-0.2, -0.15) is 0 Å². The maximum atomic E-state index is 13.6. The standard InChI is InChI=1S/C31H31FN4O3S/c1-33-30(37)28-24-14-21(26(35(2)40)16-27(24)39-29(28)18-8-10-20(32)11-9-18)19-6-5-13-36(17-19)31(38)23-15-22(23)25-7-3-4-12-34-25/h3-4,7-12,14,16,19,22-23,40H,5-6,13,15,17H2,1-2H3,(H,33,37)/t19-,22?,23?/m1/s1. The van der Waals surface area contributed by atoms with E-state index < -0.39 is 0 Å². The highest BCUT2D eigenvalue weighted by molar-refractivity contribution is 7.81. The minimum Gasteiger partial charge on any atom is -0.455 e. The molecular formula is C31H31FN4O3S. The van der Waals surface area contributed by atoms with E-state index in [1.807, 2.05) is 42.3 Å². The number of aromatic nitrogens is 1. The van der Waals surface area contributed by atoms with Crippen molar-refractivity contribution >= 4 is 41.3 Å². The van der Waals surface area contributed by atoms with E-state index in [-0.39, 0.29) is 35.4 Å². The minimum atomic E-state index is -0.364. The SMILES string of the molecule is CNC(=O)c1c(-c2ccc(F)cc2)oc2cc(N(C)S)c([C@@H]3CCCN(C(=O)C4CC4c4ccccn4)C3)cc12. The fourth-order valence-electron chi connectivity index (χ4n) is 5.97. The number of hydrogen-bond donors (Lipinski definition) is 2. The Morgan fingerprint density at radius 3 is 2.67 bits per heavy atom. The number of carbonyl (C=O) groups is 2. The number of furan rings is 1. The predicted octanol–water partition coefficient (Wildman–Crippen LogP) is 5.78. The molecule has 1 aliphatic heterocycles. The molecule has 1 saturated heterocycles. The smallest absolute Gasteiger partial charge is 0.255 e. The molecule has 2 aromatic heterocycles. The van der Waals surface area contributed by atoms with Crippen molar-refractivity contribution in [1.82, 2.24) is 15.2 Å². The van der Waals surface area contributed by atoms with Gasteiger partial charge in [0, 0.05) is 73.8 Å². The van der Waals surface area contributed by atoms with Gasteiger partial charge in [-0.15, -0.1) is 0 Å². The highest BCUT2D eigenvalue weighted by Crippen LogP contribution is 2.48. The summed E-state index contributed by atoms with van der Waals surface area (Å²) in [5, 5.41) is 3.39. The molecule has 1 aliphatic carbocycles. The van der Waals surface area contributed by atoms with Gasteiger partial charge < -0.3 is 18.9 Å². The van der Waals surface area contributed by atoms with E-state index in [4.69, 9.17) is 4.42 Å². The molecule has 1 N–H and O–H groups in total. The number of benzene rings is 2. The van der Waals surface area contributed by atoms with Gasteiger partial charge in [0.2, 0.25) is 5.91 Å². The number of piperidine rings is 1. The van der Waals surface area contributed by atoms with Gasteiger partial charge in [-0.1, -0.05) is 18.9 Å². The second-order valence-electron chi connectivity index (χ2n) is 10.6. The van der Waals surface area contributed by atoms with Gasteiger partial charge >= 0.3 is 0 Å². The van der Waals surface area contributed by atoms with Crippen molar-refractivity contribution in [3.05, 3.63) is 83.4 Å². The molecule has 6 rings (SSSR count). The lowest BCUT2D eigenvalue weighted by Gasteiger charge is -2.34. The van der Waals surface area contributed by atoms with Gasteiger partial charge in [0.15, 0.2) is 0 Å². The number of amides is 2. The number of anilines is 1. The summed E-state index contributed by atoms with van der Waals surface area (Å²) in [7, 11) is 3.43. The second kappa shape index (κ2) is 10.6. The molecule has 3 atom stereocenters. The summed E-state index contributed by atoms with van der Waals surface area (Å²) in [6.45, 7) is 1.33. The Morgan fingerprint density at radius 1 is 1.18 bits per heavy atom. The maximum Gasteiger partial charge on any atom is 0.255 e. The summed E-state index contributed by atoms with van der Waals surface area (Å²) < 4.78 is 21.6. The Hall–Kier alpha value is -3.85. The summed E-state index contributed by atoms with van der Waals surface area (Å²) in [6, 6.07) is 15.7. The van der Waals surface area contributed by atoms with Crippen LogP contribution in [0.5, 0.6) is 0 Å². The zero-order chi connectivity index (χ0) is 28.0. The lowest BCUT2D eigenvalue weighted by molar-refractivity contribution is -0.133. The van der Waals surface area contributed by atoms with E-state index in [2.05, 4.69) is 23.1 Å². The largest absolute Gasteiger partial charge is 0.455 e. The van der Waals surface area contributed by atoms with E-state index in [9.17, 15) is 14.0 Å². The van der Waals surface area contributed by atoms with Gasteiger partial charge in [-0.25, -0.2) is 4.39 Å². The lowest BCUT2D eigenvalue weighted by Crippen LogP contribution is -2.40. The number of pyridine rings is 1. The molecule has 2 aliphatic rings. The first-order chi connectivity index (χ1) is 19.4. The first-order valence-corrected chi connectivity index (χ1v) is 14.0. The van der Waals surface area contributed by atoms with E-state index in [0.717, 1.165) is 42.8 Å². The topological polar surface area (TPSA) is 78.7 Å². The number of halogens is 1. The number of carbonyl (C=O) groups excluding carboxylic acids is 2. The molecule has 2 fully saturated rings. The summed E-state index contributed by atoms with van der Waals surface area (Å²) in [4.78, 5) is 33.0. The number of likely N-dealkylation sites (tertiary alicyclic amines) is 1. The summed E-state index contributed by atoms with van der Waals surface area (Å²) in [5.41, 5.74) is 4.40.